The fourth-order valence-corrected chi connectivity index (χ4v) is 1.93. The van der Waals surface area contributed by atoms with Crippen molar-refractivity contribution >= 4 is 35.2 Å². The van der Waals surface area contributed by atoms with Crippen LogP contribution in [0.4, 0.5) is 0 Å². The number of nitrogens with zero attached hydrogens (tertiary/aromatic N) is 2. The average Bonchev–Trinajstić information content (AvgIpc) is 2.61. The Morgan fingerprint density at radius 2 is 2.12 bits per heavy atom. The lowest BCUT2D eigenvalue weighted by molar-refractivity contribution is -0.142. The van der Waals surface area contributed by atoms with Crippen LogP contribution in [0.25, 0.3) is 0 Å². The number of hydrogen-bond donors (Lipinski definition) is 1. The van der Waals surface area contributed by atoms with Crippen molar-refractivity contribution < 1.29 is 19.4 Å². The van der Waals surface area contributed by atoms with E-state index in [1.807, 2.05) is 6.92 Å². The minimum Gasteiger partial charge on any atom is -0.501 e. The van der Waals surface area contributed by atoms with Crippen molar-refractivity contribution in [3.05, 3.63) is 53.1 Å². The maximum Gasteiger partial charge on any atom is 0.374 e. The molecule has 0 aromatic carbocycles. The molecule has 0 saturated heterocycles. The molecule has 0 aliphatic heterocycles. The molecule has 0 unspecified atom stereocenters. The molecule has 0 aliphatic carbocycles. The maximum absolute atomic E-state index is 12.3. The Hall–Kier alpha value is -2.67. The Kier molecular flexibility index (Phi) is 9.08. The lowest BCUT2D eigenvalue weighted by Crippen LogP contribution is -2.15. The van der Waals surface area contributed by atoms with E-state index < -0.39 is 17.5 Å². The van der Waals surface area contributed by atoms with Crippen molar-refractivity contribution in [1.82, 2.24) is 4.98 Å². The van der Waals surface area contributed by atoms with Crippen molar-refractivity contribution in [3.8, 4) is 0 Å². The first-order chi connectivity index (χ1) is 12.4. The number of hydrogen-bond acceptors (Lipinski definition) is 6. The van der Waals surface area contributed by atoms with E-state index in [1.54, 1.807) is 32.2 Å². The molecule has 26 heavy (non-hydrogen) atoms. The molecule has 1 rings (SSSR count). The van der Waals surface area contributed by atoms with Gasteiger partial charge < -0.3 is 9.84 Å². The Labute approximate surface area is 158 Å². The number of carbonyl (C=O) groups is 2. The number of pyridine rings is 1. The molecular weight excluding hydrogens is 352 g/mol. The highest BCUT2D eigenvalue weighted by Gasteiger charge is 2.19. The first kappa shape index (κ1) is 21.4. The van der Waals surface area contributed by atoms with Crippen LogP contribution in [0.5, 0.6) is 0 Å². The van der Waals surface area contributed by atoms with E-state index >= 15 is 0 Å². The number of aliphatic imine (C=N–C) groups is 1. The molecule has 0 spiro atoms. The highest BCUT2D eigenvalue weighted by atomic mass is 32.1. The first-order valence-electron chi connectivity index (χ1n) is 8.14. The second-order valence-corrected chi connectivity index (χ2v) is 6.03. The van der Waals surface area contributed by atoms with Crippen LogP contribution in [0.15, 0.2) is 52.5 Å². The standard InChI is InChI=1S/C19H22N2O4S/c1-4-5-9-25-19(24)17(23)15(16(22)10-13(2)3)12-21-18(26)14-7-6-8-20-11-14/h6-8,10-12,23H,4-5,9H2,1-3H3/b17-15-,21-12?. The fraction of sp³-hybridized carbons (Fsp3) is 0.316. The number of ether oxygens (including phenoxy) is 1. The van der Waals surface area contributed by atoms with Gasteiger partial charge in [0.2, 0.25) is 5.76 Å². The topological polar surface area (TPSA) is 88.8 Å². The zero-order valence-electron chi connectivity index (χ0n) is 15.1. The zero-order valence-corrected chi connectivity index (χ0v) is 15.9. The van der Waals surface area contributed by atoms with Crippen molar-refractivity contribution in [2.75, 3.05) is 6.61 Å². The molecule has 0 bridgehead atoms. The molecule has 1 aromatic rings. The highest BCUT2D eigenvalue weighted by Crippen LogP contribution is 2.09. The van der Waals surface area contributed by atoms with Gasteiger partial charge in [-0.05, 0) is 38.5 Å². The van der Waals surface area contributed by atoms with Crippen LogP contribution in [0.3, 0.4) is 0 Å². The van der Waals surface area contributed by atoms with Gasteiger partial charge in [-0.3, -0.25) is 9.78 Å². The number of aromatic nitrogens is 1. The largest absolute Gasteiger partial charge is 0.501 e. The van der Waals surface area contributed by atoms with Gasteiger partial charge in [-0.1, -0.05) is 31.1 Å². The molecule has 1 heterocycles. The van der Waals surface area contributed by atoms with E-state index in [9.17, 15) is 14.7 Å². The molecule has 1 N–H and O–H groups in total. The molecule has 0 aliphatic rings. The SMILES string of the molecule is CCCCOC(=O)/C(O)=C(\C=NC(=S)c1cccnc1)C(=O)C=C(C)C. The number of allylic oxidation sites excluding steroid dienone is 3. The highest BCUT2D eigenvalue weighted by molar-refractivity contribution is 7.80. The van der Waals surface area contributed by atoms with Gasteiger partial charge in [0.1, 0.15) is 4.99 Å². The van der Waals surface area contributed by atoms with Gasteiger partial charge in [0, 0.05) is 24.2 Å². The molecule has 0 fully saturated rings. The third-order valence-corrected chi connectivity index (χ3v) is 3.43. The van der Waals surface area contributed by atoms with E-state index in [0.29, 0.717) is 17.6 Å². The maximum atomic E-state index is 12.3. The van der Waals surface area contributed by atoms with Crippen LogP contribution in [0, 0.1) is 0 Å². The number of aliphatic hydroxyl groups is 1. The molecule has 0 radical (unpaired) electrons. The minimum absolute atomic E-state index is 0.161. The van der Waals surface area contributed by atoms with Crippen LogP contribution in [0.1, 0.15) is 39.2 Å². The zero-order chi connectivity index (χ0) is 19.5. The summed E-state index contributed by atoms with van der Waals surface area (Å²) >= 11 is 5.17. The normalized spacial score (nSPS) is 11.7. The monoisotopic (exact) mass is 374 g/mol. The fourth-order valence-electron chi connectivity index (χ4n) is 1.76. The number of rotatable bonds is 8. The molecule has 7 heteroatoms. The summed E-state index contributed by atoms with van der Waals surface area (Å²) in [5, 5.41) is 10.2. The molecule has 0 atom stereocenters. The number of thiocarbonyl (C=S) groups is 1. The summed E-state index contributed by atoms with van der Waals surface area (Å²) in [6, 6.07) is 3.41. The van der Waals surface area contributed by atoms with E-state index in [0.717, 1.165) is 12.6 Å². The molecular formula is C19H22N2O4S. The Bertz CT molecular complexity index is 748. The lowest BCUT2D eigenvalue weighted by Gasteiger charge is -2.06. The van der Waals surface area contributed by atoms with Gasteiger partial charge in [0.25, 0.3) is 0 Å². The van der Waals surface area contributed by atoms with Gasteiger partial charge in [-0.15, -0.1) is 0 Å². The molecule has 6 nitrogen and oxygen atoms in total. The minimum atomic E-state index is -0.970. The summed E-state index contributed by atoms with van der Waals surface area (Å²) in [5.74, 6) is -2.32. The van der Waals surface area contributed by atoms with Gasteiger partial charge >= 0.3 is 5.97 Å². The van der Waals surface area contributed by atoms with Gasteiger partial charge in [0.05, 0.1) is 12.2 Å². The number of unbranched alkanes of at least 4 members (excludes halogenated alkanes) is 1. The predicted octanol–water partition coefficient (Wildman–Crippen LogP) is 3.52. The lowest BCUT2D eigenvalue weighted by atomic mass is 10.1. The summed E-state index contributed by atoms with van der Waals surface area (Å²) in [4.78, 5) is 32.4. The van der Waals surface area contributed by atoms with Gasteiger partial charge in [-0.2, -0.15) is 0 Å². The van der Waals surface area contributed by atoms with E-state index in [1.165, 1.54) is 12.3 Å². The van der Waals surface area contributed by atoms with Crippen LogP contribution in [-0.4, -0.2) is 39.7 Å². The molecule has 1 aromatic heterocycles. The molecule has 0 saturated carbocycles. The Balaban J connectivity index is 3.12. The van der Waals surface area contributed by atoms with E-state index in [4.69, 9.17) is 17.0 Å². The number of ketones is 1. The number of carbonyl (C=O) groups excluding carboxylic acids is 2. The van der Waals surface area contributed by atoms with Crippen molar-refractivity contribution in [1.29, 1.82) is 0 Å². The average molecular weight is 374 g/mol. The third kappa shape index (κ3) is 7.06. The van der Waals surface area contributed by atoms with Crippen LogP contribution in [0.2, 0.25) is 0 Å². The van der Waals surface area contributed by atoms with Crippen LogP contribution < -0.4 is 0 Å². The van der Waals surface area contributed by atoms with E-state index in [-0.39, 0.29) is 17.2 Å². The second-order valence-electron chi connectivity index (χ2n) is 5.64. The quantitative estimate of drug-likeness (QED) is 0.187. The van der Waals surface area contributed by atoms with Crippen molar-refractivity contribution in [2.45, 2.75) is 33.6 Å². The Morgan fingerprint density at radius 1 is 1.38 bits per heavy atom. The summed E-state index contributed by atoms with van der Waals surface area (Å²) in [6.07, 6.45) is 6.99. The van der Waals surface area contributed by atoms with Crippen molar-refractivity contribution in [2.24, 2.45) is 4.99 Å². The van der Waals surface area contributed by atoms with E-state index in [2.05, 4.69) is 9.98 Å². The number of aliphatic hydroxyl groups excluding tert-OH is 1. The first-order valence-corrected chi connectivity index (χ1v) is 8.55. The third-order valence-electron chi connectivity index (χ3n) is 3.08. The summed E-state index contributed by atoms with van der Waals surface area (Å²) in [6.45, 7) is 5.56. The van der Waals surface area contributed by atoms with Gasteiger partial charge in [-0.25, -0.2) is 9.79 Å². The second kappa shape index (κ2) is 11.0. The van der Waals surface area contributed by atoms with Crippen LogP contribution in [-0.2, 0) is 14.3 Å². The summed E-state index contributed by atoms with van der Waals surface area (Å²) in [5.41, 5.74) is 1.01. The summed E-state index contributed by atoms with van der Waals surface area (Å²) < 4.78 is 4.95. The smallest absolute Gasteiger partial charge is 0.374 e. The number of esters is 1. The predicted molar refractivity (Wildman–Crippen MR) is 104 cm³/mol. The molecule has 0 amide bonds. The molecule has 138 valence electrons. The van der Waals surface area contributed by atoms with Crippen molar-refractivity contribution in [3.63, 3.8) is 0 Å². The van der Waals surface area contributed by atoms with Crippen LogP contribution >= 0.6 is 12.2 Å². The van der Waals surface area contributed by atoms with Gasteiger partial charge in [0.15, 0.2) is 5.78 Å². The summed E-state index contributed by atoms with van der Waals surface area (Å²) in [7, 11) is 0. The Morgan fingerprint density at radius 3 is 2.69 bits per heavy atom.